The van der Waals surface area contributed by atoms with Crippen molar-refractivity contribution < 1.29 is 23.8 Å². The summed E-state index contributed by atoms with van der Waals surface area (Å²) < 4.78 is 15.5. The number of carbonyl (C=O) groups is 2. The summed E-state index contributed by atoms with van der Waals surface area (Å²) in [5.74, 6) is -0.221. The quantitative estimate of drug-likeness (QED) is 0.355. The van der Waals surface area contributed by atoms with E-state index in [0.29, 0.717) is 58.9 Å². The highest BCUT2D eigenvalue weighted by Crippen LogP contribution is 1.94. The van der Waals surface area contributed by atoms with Crippen molar-refractivity contribution in [2.45, 2.75) is 46.1 Å². The molecule has 7 nitrogen and oxygen atoms in total. The topological polar surface area (TPSA) is 77.1 Å². The van der Waals surface area contributed by atoms with Crippen LogP contribution in [0.5, 0.6) is 0 Å². The van der Waals surface area contributed by atoms with E-state index in [0.717, 1.165) is 6.42 Å². The van der Waals surface area contributed by atoms with Gasteiger partial charge in [0.1, 0.15) is 6.61 Å². The fraction of sp³-hybridized carbons (Fsp3) is 0.882. The molecule has 0 radical (unpaired) electrons. The third-order valence-electron chi connectivity index (χ3n) is 3.21. The Bertz CT molecular complexity index is 337. The van der Waals surface area contributed by atoms with Gasteiger partial charge in [-0.15, -0.1) is 0 Å². The fourth-order valence-corrected chi connectivity index (χ4v) is 1.82. The summed E-state index contributed by atoms with van der Waals surface area (Å²) in [6.45, 7) is 9.68. The van der Waals surface area contributed by atoms with Crippen molar-refractivity contribution in [3.8, 4) is 0 Å². The van der Waals surface area contributed by atoms with Gasteiger partial charge < -0.3 is 24.4 Å². The van der Waals surface area contributed by atoms with E-state index in [1.54, 1.807) is 0 Å². The maximum absolute atomic E-state index is 11.7. The van der Waals surface area contributed by atoms with Crippen molar-refractivity contribution in [1.29, 1.82) is 0 Å². The Kier molecular flexibility index (Phi) is 14.6. The molecule has 0 aromatic heterocycles. The molecule has 0 fully saturated rings. The SMILES string of the molecule is CCOCCOC(=O)CCN(C)CCC(=O)NCCCOC(C)C. The third-order valence-corrected chi connectivity index (χ3v) is 3.21. The number of esters is 1. The number of hydrogen-bond donors (Lipinski definition) is 1. The van der Waals surface area contributed by atoms with Gasteiger partial charge in [-0.05, 0) is 34.2 Å². The molecule has 0 aliphatic carbocycles. The second kappa shape index (κ2) is 15.4. The lowest BCUT2D eigenvalue weighted by Crippen LogP contribution is -2.31. The molecule has 0 heterocycles. The van der Waals surface area contributed by atoms with E-state index in [1.165, 1.54) is 0 Å². The lowest BCUT2D eigenvalue weighted by atomic mass is 10.3. The molecule has 0 unspecified atom stereocenters. The summed E-state index contributed by atoms with van der Waals surface area (Å²) in [6.07, 6.45) is 1.77. The van der Waals surface area contributed by atoms with E-state index in [4.69, 9.17) is 14.2 Å². The van der Waals surface area contributed by atoms with E-state index in [1.807, 2.05) is 32.7 Å². The van der Waals surface area contributed by atoms with Crippen molar-refractivity contribution in [3.63, 3.8) is 0 Å². The molecule has 0 aromatic carbocycles. The summed E-state index contributed by atoms with van der Waals surface area (Å²) in [6, 6.07) is 0. The van der Waals surface area contributed by atoms with Crippen LogP contribution in [0.3, 0.4) is 0 Å². The lowest BCUT2D eigenvalue weighted by Gasteiger charge is -2.16. The van der Waals surface area contributed by atoms with Crippen LogP contribution in [0.4, 0.5) is 0 Å². The van der Waals surface area contributed by atoms with Gasteiger partial charge >= 0.3 is 5.97 Å². The van der Waals surface area contributed by atoms with Gasteiger partial charge in [0.15, 0.2) is 0 Å². The minimum Gasteiger partial charge on any atom is -0.463 e. The number of hydrogen-bond acceptors (Lipinski definition) is 6. The molecule has 0 atom stereocenters. The minimum absolute atomic E-state index is 0.0192. The molecule has 24 heavy (non-hydrogen) atoms. The van der Waals surface area contributed by atoms with Crippen LogP contribution >= 0.6 is 0 Å². The molecule has 0 aliphatic rings. The van der Waals surface area contributed by atoms with Gasteiger partial charge in [0, 0.05) is 39.3 Å². The summed E-state index contributed by atoms with van der Waals surface area (Å²) in [7, 11) is 1.89. The first-order valence-corrected chi connectivity index (χ1v) is 8.75. The number of ether oxygens (including phenoxy) is 3. The van der Waals surface area contributed by atoms with E-state index in [9.17, 15) is 9.59 Å². The number of carbonyl (C=O) groups excluding carboxylic acids is 2. The third kappa shape index (κ3) is 15.7. The molecule has 0 saturated carbocycles. The van der Waals surface area contributed by atoms with Crippen LogP contribution in [-0.2, 0) is 23.8 Å². The summed E-state index contributed by atoms with van der Waals surface area (Å²) in [5, 5.41) is 2.87. The molecule has 1 amide bonds. The van der Waals surface area contributed by atoms with Crippen LogP contribution < -0.4 is 5.32 Å². The number of nitrogens with zero attached hydrogens (tertiary/aromatic N) is 1. The van der Waals surface area contributed by atoms with E-state index in [2.05, 4.69) is 5.32 Å². The molecule has 0 aromatic rings. The Morgan fingerprint density at radius 1 is 1.08 bits per heavy atom. The molecule has 0 spiro atoms. The highest BCUT2D eigenvalue weighted by Gasteiger charge is 2.08. The van der Waals surface area contributed by atoms with Crippen molar-refractivity contribution >= 4 is 11.9 Å². The average molecular weight is 346 g/mol. The van der Waals surface area contributed by atoms with Gasteiger partial charge in [0.25, 0.3) is 0 Å². The van der Waals surface area contributed by atoms with Gasteiger partial charge in [0.05, 0.1) is 19.1 Å². The number of rotatable bonds is 15. The Hall–Kier alpha value is -1.18. The summed E-state index contributed by atoms with van der Waals surface area (Å²) >= 11 is 0. The first-order chi connectivity index (χ1) is 11.5. The van der Waals surface area contributed by atoms with Crippen molar-refractivity contribution in [1.82, 2.24) is 10.2 Å². The second-order valence-corrected chi connectivity index (χ2v) is 5.84. The number of amides is 1. The first-order valence-electron chi connectivity index (χ1n) is 8.75. The fourth-order valence-electron chi connectivity index (χ4n) is 1.82. The van der Waals surface area contributed by atoms with Gasteiger partial charge in [-0.2, -0.15) is 0 Å². The van der Waals surface area contributed by atoms with Crippen LogP contribution in [0.2, 0.25) is 0 Å². The van der Waals surface area contributed by atoms with Crippen LogP contribution in [0, 0.1) is 0 Å². The van der Waals surface area contributed by atoms with Gasteiger partial charge in [-0.25, -0.2) is 0 Å². The standard InChI is InChI=1S/C17H34N2O5/c1-5-22-13-14-24-17(21)8-11-19(4)10-7-16(20)18-9-6-12-23-15(2)3/h15H,5-14H2,1-4H3,(H,18,20). The molecular weight excluding hydrogens is 312 g/mol. The van der Waals surface area contributed by atoms with Crippen LogP contribution in [-0.4, -0.2) is 76.0 Å². The maximum atomic E-state index is 11.7. The van der Waals surface area contributed by atoms with Crippen LogP contribution in [0.15, 0.2) is 0 Å². The second-order valence-electron chi connectivity index (χ2n) is 5.84. The van der Waals surface area contributed by atoms with Crippen LogP contribution in [0.1, 0.15) is 40.0 Å². The summed E-state index contributed by atoms with van der Waals surface area (Å²) in [4.78, 5) is 25.2. The summed E-state index contributed by atoms with van der Waals surface area (Å²) in [5.41, 5.74) is 0. The molecule has 142 valence electrons. The van der Waals surface area contributed by atoms with Crippen LogP contribution in [0.25, 0.3) is 0 Å². The van der Waals surface area contributed by atoms with Gasteiger partial charge in [-0.3, -0.25) is 9.59 Å². The highest BCUT2D eigenvalue weighted by molar-refractivity contribution is 5.76. The normalized spacial score (nSPS) is 11.1. The Morgan fingerprint density at radius 3 is 2.46 bits per heavy atom. The predicted molar refractivity (Wildman–Crippen MR) is 92.9 cm³/mol. The maximum Gasteiger partial charge on any atom is 0.307 e. The van der Waals surface area contributed by atoms with E-state index in [-0.39, 0.29) is 18.0 Å². The highest BCUT2D eigenvalue weighted by atomic mass is 16.6. The van der Waals surface area contributed by atoms with E-state index >= 15 is 0 Å². The molecule has 0 saturated heterocycles. The zero-order valence-corrected chi connectivity index (χ0v) is 15.6. The molecule has 1 N–H and O–H groups in total. The molecule has 0 rings (SSSR count). The number of nitrogens with one attached hydrogen (secondary N) is 1. The Morgan fingerprint density at radius 2 is 1.79 bits per heavy atom. The molecular formula is C17H34N2O5. The zero-order valence-electron chi connectivity index (χ0n) is 15.6. The predicted octanol–water partition coefficient (Wildman–Crippen LogP) is 1.21. The van der Waals surface area contributed by atoms with Crippen molar-refractivity contribution in [2.75, 3.05) is 53.1 Å². The molecule has 0 bridgehead atoms. The Labute approximate surface area is 146 Å². The Balaban J connectivity index is 3.54. The average Bonchev–Trinajstić information content (AvgIpc) is 2.54. The zero-order chi connectivity index (χ0) is 18.2. The molecule has 7 heteroatoms. The smallest absolute Gasteiger partial charge is 0.307 e. The van der Waals surface area contributed by atoms with E-state index < -0.39 is 0 Å². The van der Waals surface area contributed by atoms with Crippen molar-refractivity contribution in [2.24, 2.45) is 0 Å². The largest absolute Gasteiger partial charge is 0.463 e. The van der Waals surface area contributed by atoms with Crippen molar-refractivity contribution in [3.05, 3.63) is 0 Å². The van der Waals surface area contributed by atoms with Gasteiger partial charge in [0.2, 0.25) is 5.91 Å². The molecule has 0 aliphatic heterocycles. The van der Waals surface area contributed by atoms with Gasteiger partial charge in [-0.1, -0.05) is 0 Å². The first kappa shape index (κ1) is 22.8. The monoisotopic (exact) mass is 346 g/mol. The lowest BCUT2D eigenvalue weighted by molar-refractivity contribution is -0.145. The minimum atomic E-state index is -0.240.